The van der Waals surface area contributed by atoms with E-state index in [9.17, 15) is 14.4 Å². The standard InChI is InChI=1S/C68H110O6/c1-4-7-10-13-16-19-22-25-27-28-29-30-31-32-33-34-35-36-37-38-39-40-41-44-46-49-52-55-58-61-67(70)73-64-65(63-72-66(69)60-57-54-51-48-45-42-24-21-18-15-12-9-6-3)74-68(71)62-59-56-53-50-47-43-26-23-20-17-14-11-8-5-2/h7,10,12,14-17,19,21,23-27,29-30,32-33,35-36,38-39,65H,4-6,8-9,11,13,18,20,22,28,31,34,37,40-64H2,1-3H3/b10-7-,15-12-,17-14-,19-16-,24-21-,26-23-,27-25-,30-29-,33-32-,36-35-,39-38-. The van der Waals surface area contributed by atoms with Gasteiger partial charge in [0.1, 0.15) is 13.2 Å². The fourth-order valence-electron chi connectivity index (χ4n) is 7.83. The van der Waals surface area contributed by atoms with E-state index in [2.05, 4.69) is 154 Å². The van der Waals surface area contributed by atoms with Gasteiger partial charge in [0.05, 0.1) is 0 Å². The zero-order chi connectivity index (χ0) is 53.6. The topological polar surface area (TPSA) is 78.9 Å². The molecule has 0 aromatic heterocycles. The highest BCUT2D eigenvalue weighted by Crippen LogP contribution is 2.14. The summed E-state index contributed by atoms with van der Waals surface area (Å²) >= 11 is 0. The van der Waals surface area contributed by atoms with Crippen LogP contribution in [-0.4, -0.2) is 37.2 Å². The van der Waals surface area contributed by atoms with Crippen molar-refractivity contribution in [2.45, 2.75) is 264 Å². The Labute approximate surface area is 455 Å². The molecule has 0 fully saturated rings. The van der Waals surface area contributed by atoms with Gasteiger partial charge in [-0.05, 0) is 128 Å². The molecule has 0 rings (SSSR count). The van der Waals surface area contributed by atoms with Gasteiger partial charge in [0.2, 0.25) is 0 Å². The third kappa shape index (κ3) is 58.4. The SMILES string of the molecule is CC/C=C\C/C=C\C/C=C\C/C=C\C/C=C\C/C=C\C/C=C\CCCCCCCCCC(=O)OCC(COC(=O)CCCCCCC/C=C\C/C=C\CCC)OC(=O)CCCCCCC/C=C\C/C=C\CCCC. The summed E-state index contributed by atoms with van der Waals surface area (Å²) < 4.78 is 16.8. The molecular formula is C68H110O6. The number of allylic oxidation sites excluding steroid dienone is 22. The van der Waals surface area contributed by atoms with Crippen molar-refractivity contribution in [3.05, 3.63) is 134 Å². The number of hydrogen-bond acceptors (Lipinski definition) is 6. The van der Waals surface area contributed by atoms with E-state index in [-0.39, 0.29) is 31.1 Å². The van der Waals surface area contributed by atoms with Crippen LogP contribution in [0.15, 0.2) is 134 Å². The van der Waals surface area contributed by atoms with Crippen LogP contribution in [0.3, 0.4) is 0 Å². The van der Waals surface area contributed by atoms with Crippen LogP contribution < -0.4 is 0 Å². The van der Waals surface area contributed by atoms with Crippen molar-refractivity contribution >= 4 is 17.9 Å². The summed E-state index contributed by atoms with van der Waals surface area (Å²) in [5.74, 6) is -0.939. The van der Waals surface area contributed by atoms with Crippen molar-refractivity contribution in [1.82, 2.24) is 0 Å². The molecule has 0 saturated heterocycles. The van der Waals surface area contributed by atoms with Gasteiger partial charge in [-0.3, -0.25) is 14.4 Å². The average molecular weight is 1020 g/mol. The Morgan fingerprint density at radius 2 is 0.554 bits per heavy atom. The zero-order valence-electron chi connectivity index (χ0n) is 47.8. The molecule has 0 spiro atoms. The predicted molar refractivity (Wildman–Crippen MR) is 320 cm³/mol. The van der Waals surface area contributed by atoms with Gasteiger partial charge in [0.25, 0.3) is 0 Å². The van der Waals surface area contributed by atoms with E-state index in [1.54, 1.807) is 0 Å². The highest BCUT2D eigenvalue weighted by atomic mass is 16.6. The second-order valence-corrected chi connectivity index (χ2v) is 19.5. The molecular weight excluding hydrogens is 913 g/mol. The maximum Gasteiger partial charge on any atom is 0.306 e. The van der Waals surface area contributed by atoms with Gasteiger partial charge >= 0.3 is 17.9 Å². The Bertz CT molecular complexity index is 1600. The highest BCUT2D eigenvalue weighted by molar-refractivity contribution is 5.71. The molecule has 0 aliphatic carbocycles. The largest absolute Gasteiger partial charge is 0.462 e. The van der Waals surface area contributed by atoms with Crippen LogP contribution >= 0.6 is 0 Å². The molecule has 6 heteroatoms. The minimum Gasteiger partial charge on any atom is -0.462 e. The van der Waals surface area contributed by atoms with Crippen molar-refractivity contribution in [3.63, 3.8) is 0 Å². The first-order chi connectivity index (χ1) is 36.5. The lowest BCUT2D eigenvalue weighted by atomic mass is 10.1. The lowest BCUT2D eigenvalue weighted by Crippen LogP contribution is -2.30. The van der Waals surface area contributed by atoms with Crippen LogP contribution in [0.2, 0.25) is 0 Å². The first-order valence-corrected chi connectivity index (χ1v) is 30.2. The Kier molecular flexibility index (Phi) is 57.4. The lowest BCUT2D eigenvalue weighted by molar-refractivity contribution is -0.167. The van der Waals surface area contributed by atoms with Crippen molar-refractivity contribution in [2.75, 3.05) is 13.2 Å². The van der Waals surface area contributed by atoms with Gasteiger partial charge in [0, 0.05) is 19.3 Å². The van der Waals surface area contributed by atoms with E-state index in [1.165, 1.54) is 51.4 Å². The highest BCUT2D eigenvalue weighted by Gasteiger charge is 2.19. The molecule has 0 amide bonds. The molecule has 0 aromatic carbocycles. The van der Waals surface area contributed by atoms with E-state index < -0.39 is 6.10 Å². The van der Waals surface area contributed by atoms with Crippen molar-refractivity contribution in [1.29, 1.82) is 0 Å². The van der Waals surface area contributed by atoms with Gasteiger partial charge in [-0.15, -0.1) is 0 Å². The monoisotopic (exact) mass is 1020 g/mol. The molecule has 0 aliphatic heterocycles. The summed E-state index contributed by atoms with van der Waals surface area (Å²) in [4.78, 5) is 38.2. The normalized spacial score (nSPS) is 13.1. The van der Waals surface area contributed by atoms with E-state index in [4.69, 9.17) is 14.2 Å². The lowest BCUT2D eigenvalue weighted by Gasteiger charge is -2.18. The number of ether oxygens (including phenoxy) is 3. The Morgan fingerprint density at radius 1 is 0.284 bits per heavy atom. The fourth-order valence-corrected chi connectivity index (χ4v) is 7.83. The van der Waals surface area contributed by atoms with Crippen molar-refractivity contribution in [2.24, 2.45) is 0 Å². The van der Waals surface area contributed by atoms with Gasteiger partial charge < -0.3 is 14.2 Å². The first-order valence-electron chi connectivity index (χ1n) is 30.2. The summed E-state index contributed by atoms with van der Waals surface area (Å²) in [6, 6.07) is 0. The van der Waals surface area contributed by atoms with Crippen LogP contribution in [-0.2, 0) is 28.6 Å². The molecule has 0 saturated carbocycles. The van der Waals surface area contributed by atoms with E-state index >= 15 is 0 Å². The molecule has 1 atom stereocenters. The number of esters is 3. The molecule has 1 unspecified atom stereocenters. The van der Waals surface area contributed by atoms with Gasteiger partial charge in [-0.2, -0.15) is 0 Å². The number of unbranched alkanes of at least 4 members (excludes halogenated alkanes) is 20. The van der Waals surface area contributed by atoms with Crippen LogP contribution in [0.4, 0.5) is 0 Å². The molecule has 0 radical (unpaired) electrons. The molecule has 0 N–H and O–H groups in total. The molecule has 6 nitrogen and oxygen atoms in total. The first kappa shape index (κ1) is 69.5. The molecule has 0 bridgehead atoms. The zero-order valence-corrected chi connectivity index (χ0v) is 47.8. The van der Waals surface area contributed by atoms with Crippen LogP contribution in [0.25, 0.3) is 0 Å². The second kappa shape index (κ2) is 61.1. The quantitative estimate of drug-likeness (QED) is 0.0261. The predicted octanol–water partition coefficient (Wildman–Crippen LogP) is 20.6. The third-order valence-corrected chi connectivity index (χ3v) is 12.3. The molecule has 0 heterocycles. The van der Waals surface area contributed by atoms with Gasteiger partial charge in [-0.1, -0.05) is 244 Å². The minimum atomic E-state index is -0.801. The summed E-state index contributed by atoms with van der Waals surface area (Å²) in [5, 5.41) is 0. The Balaban J connectivity index is 4.34. The number of hydrogen-bond donors (Lipinski definition) is 0. The number of rotatable bonds is 53. The Morgan fingerprint density at radius 3 is 0.878 bits per heavy atom. The maximum absolute atomic E-state index is 12.8. The summed E-state index contributed by atoms with van der Waals surface area (Å²) in [7, 11) is 0. The minimum absolute atomic E-state index is 0.0980. The molecule has 0 aliphatic rings. The van der Waals surface area contributed by atoms with E-state index in [1.807, 2.05) is 0 Å². The molecule has 0 aromatic rings. The smallest absolute Gasteiger partial charge is 0.306 e. The van der Waals surface area contributed by atoms with Crippen molar-refractivity contribution in [3.8, 4) is 0 Å². The average Bonchev–Trinajstić information content (AvgIpc) is 3.40. The maximum atomic E-state index is 12.8. The van der Waals surface area contributed by atoms with E-state index in [0.29, 0.717) is 19.3 Å². The summed E-state index contributed by atoms with van der Waals surface area (Å²) in [5.41, 5.74) is 0. The van der Waals surface area contributed by atoms with Gasteiger partial charge in [-0.25, -0.2) is 0 Å². The van der Waals surface area contributed by atoms with Gasteiger partial charge in [0.15, 0.2) is 6.10 Å². The van der Waals surface area contributed by atoms with E-state index in [0.717, 1.165) is 167 Å². The summed E-state index contributed by atoms with van der Waals surface area (Å²) in [6.45, 7) is 6.38. The van der Waals surface area contributed by atoms with Crippen molar-refractivity contribution < 1.29 is 28.6 Å². The number of carbonyl (C=O) groups is 3. The van der Waals surface area contributed by atoms with Crippen LogP contribution in [0.5, 0.6) is 0 Å². The molecule has 418 valence electrons. The van der Waals surface area contributed by atoms with Crippen LogP contribution in [0, 0.1) is 0 Å². The number of carbonyl (C=O) groups excluding carboxylic acids is 3. The molecule has 74 heavy (non-hydrogen) atoms. The van der Waals surface area contributed by atoms with Crippen LogP contribution in [0.1, 0.15) is 258 Å². The Hall–Kier alpha value is -4.45. The third-order valence-electron chi connectivity index (χ3n) is 12.3. The summed E-state index contributed by atoms with van der Waals surface area (Å²) in [6.07, 6.45) is 85.9. The second-order valence-electron chi connectivity index (χ2n) is 19.5. The fraction of sp³-hybridized carbons (Fsp3) is 0.632.